The van der Waals surface area contributed by atoms with Gasteiger partial charge in [-0.15, -0.1) is 8.80 Å². The molecule has 0 unspecified atom stereocenters. The first-order valence-electron chi connectivity index (χ1n) is 9.63. The van der Waals surface area contributed by atoms with Gasteiger partial charge in [0.15, 0.2) is 11.7 Å². The summed E-state index contributed by atoms with van der Waals surface area (Å²) >= 11 is 0. The summed E-state index contributed by atoms with van der Waals surface area (Å²) in [5, 5.41) is 5.67. The molecule has 8 nitrogen and oxygen atoms in total. The van der Waals surface area contributed by atoms with Gasteiger partial charge in [-0.2, -0.15) is 8.42 Å². The molecule has 1 aromatic rings. The van der Waals surface area contributed by atoms with Crippen molar-refractivity contribution in [1.82, 2.24) is 10.6 Å². The van der Waals surface area contributed by atoms with Crippen LogP contribution in [0.15, 0.2) is 38.1 Å². The van der Waals surface area contributed by atoms with E-state index in [-0.39, 0.29) is 11.7 Å². The molecule has 9 heteroatoms. The van der Waals surface area contributed by atoms with Crippen molar-refractivity contribution in [3.05, 3.63) is 29.8 Å². The van der Waals surface area contributed by atoms with Gasteiger partial charge in [0, 0.05) is 26.4 Å². The maximum absolute atomic E-state index is 11.4. The Morgan fingerprint density at radius 3 is 2.75 bits per heavy atom. The highest BCUT2D eigenvalue weighted by atomic mass is 32.2. The zero-order valence-corrected chi connectivity index (χ0v) is 17.3. The van der Waals surface area contributed by atoms with Gasteiger partial charge in [-0.1, -0.05) is 38.3 Å². The van der Waals surface area contributed by atoms with Gasteiger partial charge in [-0.3, -0.25) is 4.99 Å². The lowest BCUT2D eigenvalue weighted by atomic mass is 10.2. The minimum Gasteiger partial charge on any atom is -0.494 e. The molecular formula is C19H29N5O3S. The third-order valence-electron chi connectivity index (χ3n) is 4.00. The van der Waals surface area contributed by atoms with E-state index in [1.54, 1.807) is 7.05 Å². The van der Waals surface area contributed by atoms with Crippen molar-refractivity contribution < 1.29 is 13.2 Å². The molecule has 0 amide bonds. The van der Waals surface area contributed by atoms with Gasteiger partial charge in [0.25, 0.3) is 0 Å². The van der Waals surface area contributed by atoms with Crippen molar-refractivity contribution in [1.29, 1.82) is 0 Å². The molecule has 28 heavy (non-hydrogen) atoms. The third-order valence-corrected chi connectivity index (χ3v) is 4.82. The number of nitrogens with zero attached hydrogens (tertiary/aromatic N) is 3. The van der Waals surface area contributed by atoms with E-state index in [9.17, 15) is 8.42 Å². The number of likely N-dealkylation sites (N-methyl/N-ethyl adjacent to an activating group) is 1. The summed E-state index contributed by atoms with van der Waals surface area (Å²) in [7, 11) is -2.16. The molecule has 0 fully saturated rings. The first-order chi connectivity index (χ1) is 13.5. The number of amidine groups is 2. The monoisotopic (exact) mass is 407 g/mol. The van der Waals surface area contributed by atoms with Gasteiger partial charge in [0.2, 0.25) is 0 Å². The second-order valence-electron chi connectivity index (χ2n) is 6.37. The molecule has 0 spiro atoms. The Morgan fingerprint density at radius 1 is 1.14 bits per heavy atom. The predicted octanol–water partition coefficient (Wildman–Crippen LogP) is 2.32. The number of unbranched alkanes of at least 4 members (excludes halogenated alkanes) is 3. The molecule has 0 atom stereocenters. The van der Waals surface area contributed by atoms with Gasteiger partial charge < -0.3 is 15.4 Å². The Balaban J connectivity index is 1.69. The standard InChI is InChI=1S/C19H29N5O3S/c1-3-4-5-6-11-21-15-16-9-7-10-17(14-16)27-13-8-12-22-19-18(20-2)23-28(25,26)24-19/h7,9-10,14-15H,3-6,8,11-13H2,1-2H3,(H,20,23)(H,22,24). The molecule has 154 valence electrons. The molecule has 1 aliphatic heterocycles. The molecule has 2 N–H and O–H groups in total. The van der Waals surface area contributed by atoms with Crippen LogP contribution in [0.4, 0.5) is 0 Å². The van der Waals surface area contributed by atoms with Gasteiger partial charge in [-0.25, -0.2) is 0 Å². The molecule has 0 aromatic heterocycles. The van der Waals surface area contributed by atoms with Crippen molar-refractivity contribution in [2.45, 2.75) is 39.0 Å². The average Bonchev–Trinajstić information content (AvgIpc) is 2.98. The van der Waals surface area contributed by atoms with E-state index in [1.165, 1.54) is 19.3 Å². The number of benzene rings is 1. The summed E-state index contributed by atoms with van der Waals surface area (Å²) < 4.78 is 35.5. The molecule has 0 radical (unpaired) electrons. The third kappa shape index (κ3) is 7.67. The molecule has 2 rings (SSSR count). The van der Waals surface area contributed by atoms with Crippen LogP contribution in [0, 0.1) is 0 Å². The second-order valence-corrected chi connectivity index (χ2v) is 7.64. The van der Waals surface area contributed by atoms with E-state index in [0.717, 1.165) is 24.3 Å². The van der Waals surface area contributed by atoms with Crippen LogP contribution in [0.3, 0.4) is 0 Å². The van der Waals surface area contributed by atoms with Crippen LogP contribution in [-0.4, -0.2) is 53.0 Å². The topological polar surface area (TPSA) is 105 Å². The zero-order valence-electron chi connectivity index (χ0n) is 16.5. The quantitative estimate of drug-likeness (QED) is 0.433. The van der Waals surface area contributed by atoms with Crippen LogP contribution in [0.1, 0.15) is 44.6 Å². The molecular weight excluding hydrogens is 378 g/mol. The van der Waals surface area contributed by atoms with Gasteiger partial charge in [0.1, 0.15) is 5.75 Å². The van der Waals surface area contributed by atoms with Crippen molar-refractivity contribution in [2.24, 2.45) is 13.8 Å². The normalized spacial score (nSPS) is 15.4. The highest BCUT2D eigenvalue weighted by molar-refractivity contribution is 7.89. The van der Waals surface area contributed by atoms with Gasteiger partial charge in [-0.05, 0) is 30.5 Å². The van der Waals surface area contributed by atoms with Crippen LogP contribution < -0.4 is 15.4 Å². The Labute approximate surface area is 167 Å². The lowest BCUT2D eigenvalue weighted by molar-refractivity contribution is 0.311. The number of rotatable bonds is 11. The molecule has 0 saturated heterocycles. The highest BCUT2D eigenvalue weighted by Gasteiger charge is 2.22. The van der Waals surface area contributed by atoms with E-state index in [0.29, 0.717) is 19.6 Å². The van der Waals surface area contributed by atoms with Gasteiger partial charge in [0.05, 0.1) is 6.61 Å². The molecule has 1 heterocycles. The number of aliphatic imine (C=N–C) groups is 1. The van der Waals surface area contributed by atoms with Crippen molar-refractivity contribution in [3.63, 3.8) is 0 Å². The lowest BCUT2D eigenvalue weighted by Crippen LogP contribution is -2.37. The van der Waals surface area contributed by atoms with E-state index in [1.807, 2.05) is 30.5 Å². The Morgan fingerprint density at radius 2 is 1.96 bits per heavy atom. The molecule has 1 aromatic carbocycles. The molecule has 0 saturated carbocycles. The summed E-state index contributed by atoms with van der Waals surface area (Å²) in [4.78, 5) is 4.47. The van der Waals surface area contributed by atoms with E-state index in [4.69, 9.17) is 4.74 Å². The summed E-state index contributed by atoms with van der Waals surface area (Å²) in [6, 6.07) is 7.81. The van der Waals surface area contributed by atoms with Crippen molar-refractivity contribution in [3.8, 4) is 5.75 Å². The van der Waals surface area contributed by atoms with Crippen LogP contribution in [0.5, 0.6) is 5.75 Å². The number of nitrogens with one attached hydrogen (secondary N) is 2. The summed E-state index contributed by atoms with van der Waals surface area (Å²) in [6.45, 7) is 4.07. The minimum atomic E-state index is -3.75. The molecule has 0 bridgehead atoms. The minimum absolute atomic E-state index is 0.225. The largest absolute Gasteiger partial charge is 0.494 e. The Hall–Kier alpha value is -2.42. The summed E-state index contributed by atoms with van der Waals surface area (Å²) in [5.41, 5.74) is 1.02. The van der Waals surface area contributed by atoms with E-state index in [2.05, 4.69) is 31.3 Å². The Bertz CT molecular complexity index is 819. The van der Waals surface area contributed by atoms with Crippen LogP contribution in [0.25, 0.3) is 0 Å². The number of ether oxygens (including phenoxy) is 1. The maximum atomic E-state index is 11.4. The van der Waals surface area contributed by atoms with Gasteiger partial charge >= 0.3 is 10.2 Å². The Kier molecular flexibility index (Phi) is 8.93. The maximum Gasteiger partial charge on any atom is 0.367 e. The SMILES string of the molecule is CCCCCCN=Cc1cccc(OCCCNC2=NS(=O)(=O)N=C2NC)c1. The van der Waals surface area contributed by atoms with Crippen molar-refractivity contribution in [2.75, 3.05) is 26.7 Å². The zero-order chi connectivity index (χ0) is 20.2. The number of hydrogen-bond acceptors (Lipinski definition) is 6. The van der Waals surface area contributed by atoms with Crippen molar-refractivity contribution >= 4 is 28.1 Å². The molecule has 1 aliphatic rings. The summed E-state index contributed by atoms with van der Waals surface area (Å²) in [5.74, 6) is 1.25. The predicted molar refractivity (Wildman–Crippen MR) is 114 cm³/mol. The smallest absolute Gasteiger partial charge is 0.367 e. The fourth-order valence-electron chi connectivity index (χ4n) is 2.57. The second kappa shape index (κ2) is 11.4. The summed E-state index contributed by atoms with van der Waals surface area (Å²) in [6.07, 6.45) is 7.42. The highest BCUT2D eigenvalue weighted by Crippen LogP contribution is 2.12. The van der Waals surface area contributed by atoms with Crippen LogP contribution >= 0.6 is 0 Å². The van der Waals surface area contributed by atoms with Crippen LogP contribution in [-0.2, 0) is 10.2 Å². The number of hydrogen-bond donors (Lipinski definition) is 2. The first-order valence-corrected chi connectivity index (χ1v) is 11.0. The fraction of sp³-hybridized carbons (Fsp3) is 0.526. The molecule has 0 aliphatic carbocycles. The van der Waals surface area contributed by atoms with Crippen LogP contribution in [0.2, 0.25) is 0 Å². The first kappa shape index (κ1) is 21.9. The van der Waals surface area contributed by atoms with E-state index >= 15 is 0 Å². The van der Waals surface area contributed by atoms with E-state index < -0.39 is 10.2 Å². The lowest BCUT2D eigenvalue weighted by Gasteiger charge is -2.09. The average molecular weight is 408 g/mol. The fourth-order valence-corrected chi connectivity index (χ4v) is 3.40.